The fourth-order valence-corrected chi connectivity index (χ4v) is 2.99. The molecule has 0 heterocycles. The number of rotatable bonds is 4. The largest absolute Gasteiger partial charge is 0.384 e. The number of halogens is 1. The summed E-state index contributed by atoms with van der Waals surface area (Å²) in [6.07, 6.45) is 1.02. The lowest BCUT2D eigenvalue weighted by Crippen LogP contribution is -2.26. The average molecular weight is 297 g/mol. The molecule has 0 aliphatic heterocycles. The SMILES string of the molecule is CC1CC1CNS(=O)(=O)c1ccc(C#CCO)c(F)c1. The maximum atomic E-state index is 13.7. The number of hydrogen-bond donors (Lipinski definition) is 2. The highest BCUT2D eigenvalue weighted by Gasteiger charge is 2.33. The third-order valence-electron chi connectivity index (χ3n) is 3.36. The Labute approximate surface area is 118 Å². The predicted molar refractivity (Wildman–Crippen MR) is 72.8 cm³/mol. The Morgan fingerprint density at radius 1 is 1.50 bits per heavy atom. The summed E-state index contributed by atoms with van der Waals surface area (Å²) in [6.45, 7) is 2.07. The number of sulfonamides is 1. The lowest BCUT2D eigenvalue weighted by atomic mass is 10.2. The molecule has 2 unspecified atom stereocenters. The Bertz CT molecular complexity index is 661. The van der Waals surface area contributed by atoms with Crippen molar-refractivity contribution in [2.45, 2.75) is 18.2 Å². The molecule has 1 aromatic rings. The quantitative estimate of drug-likeness (QED) is 0.818. The first kappa shape index (κ1) is 15.0. The Hall–Kier alpha value is -1.42. The molecular weight excluding hydrogens is 281 g/mol. The molecule has 1 fully saturated rings. The van der Waals surface area contributed by atoms with Crippen LogP contribution < -0.4 is 4.72 Å². The van der Waals surface area contributed by atoms with Crippen molar-refractivity contribution < 1.29 is 17.9 Å². The summed E-state index contributed by atoms with van der Waals surface area (Å²) in [5.41, 5.74) is 0.0637. The van der Waals surface area contributed by atoms with Crippen molar-refractivity contribution in [2.75, 3.05) is 13.2 Å². The van der Waals surface area contributed by atoms with E-state index in [1.165, 1.54) is 12.1 Å². The van der Waals surface area contributed by atoms with E-state index in [9.17, 15) is 12.8 Å². The van der Waals surface area contributed by atoms with Gasteiger partial charge in [-0.1, -0.05) is 18.8 Å². The normalized spacial score (nSPS) is 21.1. The smallest absolute Gasteiger partial charge is 0.240 e. The molecule has 108 valence electrons. The third-order valence-corrected chi connectivity index (χ3v) is 4.79. The highest BCUT2D eigenvalue weighted by atomic mass is 32.2. The summed E-state index contributed by atoms with van der Waals surface area (Å²) in [5.74, 6) is 4.95. The molecule has 2 atom stereocenters. The van der Waals surface area contributed by atoms with Gasteiger partial charge in [0.05, 0.1) is 10.5 Å². The zero-order valence-corrected chi connectivity index (χ0v) is 11.9. The highest BCUT2D eigenvalue weighted by molar-refractivity contribution is 7.89. The Balaban J connectivity index is 2.13. The number of hydrogen-bond acceptors (Lipinski definition) is 3. The lowest BCUT2D eigenvalue weighted by Gasteiger charge is -2.07. The van der Waals surface area contributed by atoms with Crippen LogP contribution in [0.2, 0.25) is 0 Å². The minimum absolute atomic E-state index is 0.0637. The molecular formula is C14H16FNO3S. The van der Waals surface area contributed by atoms with Crippen molar-refractivity contribution in [3.63, 3.8) is 0 Å². The first-order chi connectivity index (χ1) is 9.44. The van der Waals surface area contributed by atoms with Crippen molar-refractivity contribution in [1.29, 1.82) is 0 Å². The summed E-state index contributed by atoms with van der Waals surface area (Å²) in [5, 5.41) is 8.55. The Morgan fingerprint density at radius 2 is 2.20 bits per heavy atom. The second-order valence-corrected chi connectivity index (χ2v) is 6.69. The summed E-state index contributed by atoms with van der Waals surface area (Å²) >= 11 is 0. The number of benzene rings is 1. The average Bonchev–Trinajstić information content (AvgIpc) is 3.11. The van der Waals surface area contributed by atoms with E-state index in [0.29, 0.717) is 18.4 Å². The van der Waals surface area contributed by atoms with Gasteiger partial charge in [-0.25, -0.2) is 17.5 Å². The van der Waals surface area contributed by atoms with Gasteiger partial charge in [0.2, 0.25) is 10.0 Å². The van der Waals surface area contributed by atoms with Crippen LogP contribution in [0, 0.1) is 29.5 Å². The van der Waals surface area contributed by atoms with Crippen molar-refractivity contribution in [3.05, 3.63) is 29.6 Å². The summed E-state index contributed by atoms with van der Waals surface area (Å²) in [7, 11) is -3.69. The van der Waals surface area contributed by atoms with E-state index in [4.69, 9.17) is 5.11 Å². The summed E-state index contributed by atoms with van der Waals surface area (Å²) in [6, 6.07) is 3.55. The maximum Gasteiger partial charge on any atom is 0.240 e. The van der Waals surface area contributed by atoms with E-state index in [2.05, 4.69) is 23.5 Å². The summed E-state index contributed by atoms with van der Waals surface area (Å²) in [4.78, 5) is -0.113. The molecule has 0 spiro atoms. The molecule has 4 nitrogen and oxygen atoms in total. The number of aliphatic hydroxyl groups excluding tert-OH is 1. The molecule has 1 saturated carbocycles. The number of aliphatic hydroxyl groups is 1. The fraction of sp³-hybridized carbons (Fsp3) is 0.429. The fourth-order valence-electron chi connectivity index (χ4n) is 1.88. The van der Waals surface area contributed by atoms with Crippen LogP contribution in [0.25, 0.3) is 0 Å². The molecule has 2 rings (SSSR count). The number of nitrogens with one attached hydrogen (secondary N) is 1. The van der Waals surface area contributed by atoms with Gasteiger partial charge in [-0.2, -0.15) is 0 Å². The molecule has 0 bridgehead atoms. The van der Waals surface area contributed by atoms with Gasteiger partial charge in [-0.05, 0) is 36.5 Å². The van der Waals surface area contributed by atoms with Crippen molar-refractivity contribution in [3.8, 4) is 11.8 Å². The van der Waals surface area contributed by atoms with Crippen molar-refractivity contribution >= 4 is 10.0 Å². The first-order valence-corrected chi connectivity index (χ1v) is 7.81. The van der Waals surface area contributed by atoms with Crippen LogP contribution in [0.4, 0.5) is 4.39 Å². The topological polar surface area (TPSA) is 66.4 Å². The van der Waals surface area contributed by atoms with Gasteiger partial charge < -0.3 is 5.11 Å². The Morgan fingerprint density at radius 3 is 2.75 bits per heavy atom. The van der Waals surface area contributed by atoms with Crippen LogP contribution in [0.15, 0.2) is 23.1 Å². The lowest BCUT2D eigenvalue weighted by molar-refractivity contribution is 0.350. The van der Waals surface area contributed by atoms with Crippen LogP contribution in [-0.2, 0) is 10.0 Å². The van der Waals surface area contributed by atoms with Gasteiger partial charge in [-0.3, -0.25) is 0 Å². The van der Waals surface area contributed by atoms with Crippen LogP contribution >= 0.6 is 0 Å². The van der Waals surface area contributed by atoms with Crippen LogP contribution in [-0.4, -0.2) is 26.7 Å². The van der Waals surface area contributed by atoms with Gasteiger partial charge >= 0.3 is 0 Å². The first-order valence-electron chi connectivity index (χ1n) is 6.33. The second-order valence-electron chi connectivity index (χ2n) is 4.93. The molecule has 0 radical (unpaired) electrons. The van der Waals surface area contributed by atoms with Crippen LogP contribution in [0.5, 0.6) is 0 Å². The van der Waals surface area contributed by atoms with E-state index in [1.54, 1.807) is 0 Å². The van der Waals surface area contributed by atoms with E-state index in [-0.39, 0.29) is 17.1 Å². The zero-order chi connectivity index (χ0) is 14.8. The van der Waals surface area contributed by atoms with Gasteiger partial charge in [0.25, 0.3) is 0 Å². The molecule has 1 aliphatic rings. The molecule has 20 heavy (non-hydrogen) atoms. The second kappa shape index (κ2) is 5.92. The van der Waals surface area contributed by atoms with E-state index < -0.39 is 15.8 Å². The molecule has 1 aromatic carbocycles. The molecule has 6 heteroatoms. The zero-order valence-electron chi connectivity index (χ0n) is 11.1. The van der Waals surface area contributed by atoms with Crippen LogP contribution in [0.3, 0.4) is 0 Å². The minimum atomic E-state index is -3.69. The van der Waals surface area contributed by atoms with Gasteiger partial charge in [0, 0.05) is 6.54 Å². The predicted octanol–water partition coefficient (Wildman–Crippen LogP) is 1.10. The Kier molecular flexibility index (Phi) is 4.43. The van der Waals surface area contributed by atoms with E-state index in [1.807, 2.05) is 0 Å². The molecule has 2 N–H and O–H groups in total. The highest BCUT2D eigenvalue weighted by Crippen LogP contribution is 2.37. The summed E-state index contributed by atoms with van der Waals surface area (Å²) < 4.78 is 40.2. The molecule has 0 aromatic heterocycles. The van der Waals surface area contributed by atoms with Gasteiger partial charge in [-0.15, -0.1) is 0 Å². The molecule has 0 saturated heterocycles. The third kappa shape index (κ3) is 3.57. The van der Waals surface area contributed by atoms with Gasteiger partial charge in [0.15, 0.2) is 0 Å². The minimum Gasteiger partial charge on any atom is -0.384 e. The van der Waals surface area contributed by atoms with E-state index in [0.717, 1.165) is 12.5 Å². The van der Waals surface area contributed by atoms with E-state index >= 15 is 0 Å². The standard InChI is InChI=1S/C14H16FNO3S/c1-10-7-12(10)9-16-20(18,19)13-5-4-11(3-2-6-17)14(15)8-13/h4-5,8,10,12,16-17H,6-7,9H2,1H3. The van der Waals surface area contributed by atoms with Crippen molar-refractivity contribution in [2.24, 2.45) is 11.8 Å². The van der Waals surface area contributed by atoms with Crippen LogP contribution in [0.1, 0.15) is 18.9 Å². The van der Waals surface area contributed by atoms with Gasteiger partial charge in [0.1, 0.15) is 12.4 Å². The molecule has 0 amide bonds. The van der Waals surface area contributed by atoms with Crippen molar-refractivity contribution in [1.82, 2.24) is 4.72 Å². The maximum absolute atomic E-state index is 13.7. The molecule has 1 aliphatic carbocycles. The monoisotopic (exact) mass is 297 g/mol.